The van der Waals surface area contributed by atoms with Gasteiger partial charge in [-0.3, -0.25) is 0 Å². The molecule has 1 N–H and O–H groups in total. The van der Waals surface area contributed by atoms with Gasteiger partial charge in [-0.05, 0) is 19.1 Å². The molecule has 3 aromatic heterocycles. The normalized spacial score (nSPS) is 20.1. The summed E-state index contributed by atoms with van der Waals surface area (Å²) in [6.45, 7) is 3.68. The first-order valence-corrected chi connectivity index (χ1v) is 13.2. The molecule has 16 heteroatoms. The highest BCUT2D eigenvalue weighted by Gasteiger charge is 2.39. The quantitative estimate of drug-likeness (QED) is 0.373. The second kappa shape index (κ2) is 9.47. The van der Waals surface area contributed by atoms with Crippen LogP contribution in [-0.4, -0.2) is 105 Å². The fourth-order valence-corrected chi connectivity index (χ4v) is 5.02. The number of alkyl halides is 2. The molecule has 1 saturated heterocycles. The Hall–Kier alpha value is -2.58. The Bertz CT molecular complexity index is 1320. The van der Waals surface area contributed by atoms with Gasteiger partial charge in [0.1, 0.15) is 47.1 Å². The van der Waals surface area contributed by atoms with E-state index in [4.69, 9.17) is 0 Å². The Balaban J connectivity index is 1.67. The molecule has 1 aliphatic heterocycles. The number of rotatable bonds is 7. The topological polar surface area (TPSA) is 109 Å². The predicted molar refractivity (Wildman–Crippen MR) is 137 cm³/mol. The molecule has 2 unspecified atom stereocenters. The number of aromatic nitrogens is 5. The SMILES string of the molecule is BC(B)(B)N1CCN(c2cc(-c3cnc4ccc(C(F)F)nn34)ncn2)C(C)C1CNS(C)(=O)=O. The third-order valence-electron chi connectivity index (χ3n) is 6.26. The molecule has 0 bridgehead atoms. The molecule has 1 aliphatic rings. The number of anilines is 1. The van der Waals surface area contributed by atoms with E-state index in [1.54, 1.807) is 12.3 Å². The van der Waals surface area contributed by atoms with Crippen LogP contribution >= 0.6 is 0 Å². The van der Waals surface area contributed by atoms with Gasteiger partial charge in [0.15, 0.2) is 5.65 Å². The number of imidazole rings is 1. The number of fused-ring (bicyclic) bond motifs is 1. The van der Waals surface area contributed by atoms with Gasteiger partial charge in [-0.2, -0.15) is 5.10 Å². The second-order valence-electron chi connectivity index (χ2n) is 9.72. The summed E-state index contributed by atoms with van der Waals surface area (Å²) in [6, 6.07) is 4.34. The third kappa shape index (κ3) is 5.49. The molecular weight excluding hydrogens is 475 g/mol. The predicted octanol–water partition coefficient (Wildman–Crippen LogP) is -1.94. The number of halogens is 2. The first-order valence-electron chi connectivity index (χ1n) is 11.3. The van der Waals surface area contributed by atoms with Gasteiger partial charge in [0.25, 0.3) is 6.43 Å². The molecule has 35 heavy (non-hydrogen) atoms. The van der Waals surface area contributed by atoms with Crippen molar-refractivity contribution in [1.82, 2.24) is 34.2 Å². The number of sulfonamides is 1. The summed E-state index contributed by atoms with van der Waals surface area (Å²) in [4.78, 5) is 17.5. The molecule has 0 amide bonds. The summed E-state index contributed by atoms with van der Waals surface area (Å²) < 4.78 is 54.0. The van der Waals surface area contributed by atoms with Crippen molar-refractivity contribution in [2.45, 2.75) is 30.7 Å². The molecule has 4 heterocycles. The molecule has 0 radical (unpaired) electrons. The lowest BCUT2D eigenvalue weighted by molar-refractivity contribution is 0.143. The van der Waals surface area contributed by atoms with Crippen molar-refractivity contribution >= 4 is 45.0 Å². The molecule has 0 aliphatic carbocycles. The van der Waals surface area contributed by atoms with Gasteiger partial charge in [-0.1, -0.05) is 5.24 Å². The zero-order valence-corrected chi connectivity index (χ0v) is 21.2. The van der Waals surface area contributed by atoms with Crippen molar-refractivity contribution in [1.29, 1.82) is 0 Å². The van der Waals surface area contributed by atoms with E-state index in [1.807, 2.05) is 6.92 Å². The lowest BCUT2D eigenvalue weighted by atomic mass is 9.48. The summed E-state index contributed by atoms with van der Waals surface area (Å²) in [5.41, 5.74) is 1.06. The van der Waals surface area contributed by atoms with Crippen molar-refractivity contribution < 1.29 is 17.2 Å². The molecule has 10 nitrogen and oxygen atoms in total. The summed E-state index contributed by atoms with van der Waals surface area (Å²) in [5.74, 6) is 0.653. The Labute approximate surface area is 205 Å². The van der Waals surface area contributed by atoms with Crippen molar-refractivity contribution in [3.8, 4) is 11.4 Å². The van der Waals surface area contributed by atoms with Crippen LogP contribution in [0.1, 0.15) is 19.0 Å². The Morgan fingerprint density at radius 1 is 1.20 bits per heavy atom. The lowest BCUT2D eigenvalue weighted by Gasteiger charge is -2.52. The minimum absolute atomic E-state index is 0.0780. The first kappa shape index (κ1) is 25.5. The number of piperazine rings is 1. The highest BCUT2D eigenvalue weighted by atomic mass is 32.2. The maximum Gasteiger partial charge on any atom is 0.282 e. The molecule has 0 spiro atoms. The monoisotopic (exact) mass is 502 g/mol. The fraction of sp³-hybridized carbons (Fsp3) is 0.474. The minimum Gasteiger partial charge on any atom is -0.351 e. The Kier molecular flexibility index (Phi) is 6.90. The summed E-state index contributed by atoms with van der Waals surface area (Å²) >= 11 is 0. The van der Waals surface area contributed by atoms with Crippen LogP contribution in [0.25, 0.3) is 17.0 Å². The van der Waals surface area contributed by atoms with Crippen LogP contribution in [0.4, 0.5) is 14.6 Å². The maximum atomic E-state index is 13.2. The van der Waals surface area contributed by atoms with Crippen molar-refractivity contribution in [3.63, 3.8) is 0 Å². The van der Waals surface area contributed by atoms with E-state index in [2.05, 4.69) is 58.1 Å². The molecular formula is C19H27B3F2N8O2S. The van der Waals surface area contributed by atoms with Crippen molar-refractivity contribution in [2.24, 2.45) is 0 Å². The van der Waals surface area contributed by atoms with Gasteiger partial charge < -0.3 is 9.80 Å². The lowest BCUT2D eigenvalue weighted by Crippen LogP contribution is -2.69. The van der Waals surface area contributed by atoms with E-state index in [0.29, 0.717) is 35.9 Å². The number of hydrogen-bond acceptors (Lipinski definition) is 8. The number of nitrogens with zero attached hydrogens (tertiary/aromatic N) is 7. The van der Waals surface area contributed by atoms with Crippen molar-refractivity contribution in [3.05, 3.63) is 36.4 Å². The maximum absolute atomic E-state index is 13.2. The largest absolute Gasteiger partial charge is 0.351 e. The van der Waals surface area contributed by atoms with Crippen molar-refractivity contribution in [2.75, 3.05) is 30.8 Å². The fourth-order valence-electron chi connectivity index (χ4n) is 4.55. The molecule has 3 aromatic rings. The number of nitrogens with one attached hydrogen (secondary N) is 1. The zero-order chi connectivity index (χ0) is 25.5. The van der Waals surface area contributed by atoms with Crippen LogP contribution in [0, 0.1) is 0 Å². The average molecular weight is 502 g/mol. The van der Waals surface area contributed by atoms with Gasteiger partial charge in [-0.15, -0.1) is 0 Å². The van der Waals surface area contributed by atoms with E-state index in [0.717, 1.165) is 6.26 Å². The summed E-state index contributed by atoms with van der Waals surface area (Å²) in [6.07, 6.45) is 1.42. The van der Waals surface area contributed by atoms with Gasteiger partial charge in [0, 0.05) is 37.8 Å². The minimum atomic E-state index is -3.36. The van der Waals surface area contributed by atoms with Crippen LogP contribution in [0.5, 0.6) is 0 Å². The summed E-state index contributed by atoms with van der Waals surface area (Å²) in [5, 5.41) is 3.86. The van der Waals surface area contributed by atoms with Gasteiger partial charge in [-0.25, -0.2) is 41.4 Å². The average Bonchev–Trinajstić information content (AvgIpc) is 3.20. The van der Waals surface area contributed by atoms with Gasteiger partial charge in [0.2, 0.25) is 10.0 Å². The van der Waals surface area contributed by atoms with E-state index in [9.17, 15) is 17.2 Å². The molecule has 184 valence electrons. The molecule has 0 saturated carbocycles. The smallest absolute Gasteiger partial charge is 0.282 e. The van der Waals surface area contributed by atoms with Gasteiger partial charge >= 0.3 is 0 Å². The molecule has 1 fully saturated rings. The Morgan fingerprint density at radius 3 is 2.60 bits per heavy atom. The highest BCUT2D eigenvalue weighted by Crippen LogP contribution is 2.28. The van der Waals surface area contributed by atoms with E-state index in [-0.39, 0.29) is 29.6 Å². The van der Waals surface area contributed by atoms with Crippen LogP contribution in [0.3, 0.4) is 0 Å². The van der Waals surface area contributed by atoms with Crippen LogP contribution in [-0.2, 0) is 10.0 Å². The molecule has 2 atom stereocenters. The third-order valence-corrected chi connectivity index (χ3v) is 6.95. The highest BCUT2D eigenvalue weighted by molar-refractivity contribution is 7.88. The van der Waals surface area contributed by atoms with Gasteiger partial charge in [0.05, 0.1) is 18.1 Å². The zero-order valence-electron chi connectivity index (χ0n) is 20.4. The van der Waals surface area contributed by atoms with E-state index < -0.39 is 16.4 Å². The van der Waals surface area contributed by atoms with E-state index in [1.165, 1.54) is 23.0 Å². The van der Waals surface area contributed by atoms with Crippen LogP contribution in [0.2, 0.25) is 0 Å². The summed E-state index contributed by atoms with van der Waals surface area (Å²) in [7, 11) is 2.97. The molecule has 0 aromatic carbocycles. The second-order valence-corrected chi connectivity index (χ2v) is 11.6. The first-order chi connectivity index (χ1) is 16.3. The number of hydrogen-bond donors (Lipinski definition) is 1. The standard InChI is InChI=1S/C19H27B3F2N8O2S/c1-11-14(9-28-35(2,33)34)31(19(20,21)22)6-5-30(11)17-7-13(26-10-27-17)15-8-25-16-4-3-12(18(23)24)29-32(15)16/h3-4,7-8,10-11,14,18,28H,5-6,9,20-22H2,1-2H3. The van der Waals surface area contributed by atoms with Crippen LogP contribution < -0.4 is 9.62 Å². The van der Waals surface area contributed by atoms with E-state index >= 15 is 0 Å². The Morgan fingerprint density at radius 2 is 1.94 bits per heavy atom. The molecule has 4 rings (SSSR count). The van der Waals surface area contributed by atoms with Crippen LogP contribution in [0.15, 0.2) is 30.7 Å².